The molecule has 0 rings (SSSR count). The second-order valence-corrected chi connectivity index (χ2v) is 2.09. The summed E-state index contributed by atoms with van der Waals surface area (Å²) in [6.07, 6.45) is 0. The fourth-order valence-electron chi connectivity index (χ4n) is 0. The van der Waals surface area contributed by atoms with Crippen molar-refractivity contribution in [3.05, 3.63) is 107 Å². The minimum absolute atomic E-state index is 0. The summed E-state index contributed by atoms with van der Waals surface area (Å²) in [5.74, 6) is 0. The predicted octanol–water partition coefficient (Wildman–Crippen LogP) is -0.366. The molecule has 0 aliphatic rings. The van der Waals surface area contributed by atoms with E-state index in [1.54, 1.807) is 0 Å². The Morgan fingerprint density at radius 1 is 0.364 bits per heavy atom. The van der Waals surface area contributed by atoms with Gasteiger partial charge in [-0.15, -0.1) is 0 Å². The summed E-state index contributed by atoms with van der Waals surface area (Å²) >= 11 is 8.53. The van der Waals surface area contributed by atoms with Crippen molar-refractivity contribution < 1.29 is 107 Å². The van der Waals surface area contributed by atoms with Gasteiger partial charge in [-0.1, -0.05) is 0 Å². The Labute approximate surface area is 236 Å². The molecule has 0 saturated heterocycles. The van der Waals surface area contributed by atoms with Gasteiger partial charge in [0.1, 0.15) is 0 Å². The smallest absolute Gasteiger partial charge is 0.356 e. The summed E-state index contributed by atoms with van der Waals surface area (Å²) in [7, 11) is 0. The molecule has 0 bridgehead atoms. The normalized spacial score (nSPS) is 5.64. The molecule has 0 aromatic heterocycles. The first-order chi connectivity index (χ1) is 13.5. The minimum Gasteiger partial charge on any atom is -0.356 e. The van der Waals surface area contributed by atoms with Crippen molar-refractivity contribution in [2.24, 2.45) is 0 Å². The Morgan fingerprint density at radius 2 is 0.364 bits per heavy atom. The third kappa shape index (κ3) is 2750. The Hall–Kier alpha value is -2.80. The molecule has 0 heterocycles. The van der Waals surface area contributed by atoms with E-state index in [9.17, 15) is 0 Å². The Bertz CT molecular complexity index is 339. The summed E-state index contributed by atoms with van der Waals surface area (Å²) in [5.41, 5.74) is 0. The molecule has 33 heteroatoms. The summed E-state index contributed by atoms with van der Waals surface area (Å²) in [4.78, 5) is 57.8. The van der Waals surface area contributed by atoms with E-state index in [1.807, 2.05) is 0 Å². The van der Waals surface area contributed by atoms with Crippen LogP contribution >= 0.6 is 23.7 Å². The van der Waals surface area contributed by atoms with Gasteiger partial charge in [0, 0.05) is 0 Å². The molecule has 0 fully saturated rings. The van der Waals surface area contributed by atoms with Crippen molar-refractivity contribution in [3.8, 4) is 0 Å². The van der Waals surface area contributed by atoms with Gasteiger partial charge in [-0.05, 0) is 0 Å². The molecule has 0 aromatic carbocycles. The van der Waals surface area contributed by atoms with E-state index >= 15 is 0 Å². The zero-order chi connectivity index (χ0) is 27.7. The standard InChI is InChI=1S/Ce.Cl2O.7NO3.Zr/c;1-3-2;7*2-1(3)4;/q+3;;7*-1;+4. The first kappa shape index (κ1) is 63.1. The average Bonchev–Trinajstić information content (AvgIpc) is 2.32. The van der Waals surface area contributed by atoms with E-state index in [0.717, 1.165) is 0 Å². The fraction of sp³-hybridized carbons (Fsp3) is 0. The maximum Gasteiger partial charge on any atom is 4.00 e. The van der Waals surface area contributed by atoms with E-state index in [0.29, 0.717) is 0 Å². The van der Waals surface area contributed by atoms with Crippen LogP contribution in [0.25, 0.3) is 0 Å². The molecule has 0 amide bonds. The van der Waals surface area contributed by atoms with Gasteiger partial charge in [0.15, 0.2) is 0 Å². The predicted molar refractivity (Wildman–Crippen MR) is 85.3 cm³/mol. The monoisotopic (exact) mass is 750 g/mol. The number of rotatable bonds is 0. The van der Waals surface area contributed by atoms with Gasteiger partial charge >= 0.3 is 68.0 Å². The molecule has 0 atom stereocenters. The third-order valence-corrected chi connectivity index (χ3v) is 0. The quantitative estimate of drug-likeness (QED) is 0.225. The van der Waals surface area contributed by atoms with Crippen LogP contribution in [0.3, 0.4) is 0 Å². The fourth-order valence-corrected chi connectivity index (χ4v) is 0. The van der Waals surface area contributed by atoms with Gasteiger partial charge in [0.25, 0.3) is 0 Å². The molecule has 0 saturated carbocycles. The van der Waals surface area contributed by atoms with Gasteiger partial charge in [-0.2, -0.15) is 3.84 Å². The van der Waals surface area contributed by atoms with Gasteiger partial charge in [-0.3, -0.25) is 0 Å². The molecule has 0 unspecified atom stereocenters. The molecule has 189 valence electrons. The van der Waals surface area contributed by atoms with Crippen LogP contribution in [0.4, 0.5) is 0 Å². The van der Waals surface area contributed by atoms with Gasteiger partial charge in [0.05, 0.1) is 59.3 Å². The molecule has 29 nitrogen and oxygen atoms in total. The topological polar surface area (TPSA) is 473 Å². The van der Waals surface area contributed by atoms with Crippen LogP contribution in [0.1, 0.15) is 0 Å². The van der Waals surface area contributed by atoms with E-state index in [2.05, 4.69) is 27.6 Å². The first-order valence-corrected chi connectivity index (χ1v) is 4.76. The van der Waals surface area contributed by atoms with Crippen LogP contribution in [0.5, 0.6) is 0 Å². The molecule has 0 N–H and O–H groups in total. The maximum atomic E-state index is 8.25. The third-order valence-electron chi connectivity index (χ3n) is 0. The van der Waals surface area contributed by atoms with Crippen LogP contribution < -0.4 is 0 Å². The number of hydrogen-bond donors (Lipinski definition) is 0. The van der Waals surface area contributed by atoms with E-state index in [-0.39, 0.29) is 68.0 Å². The summed E-state index contributed by atoms with van der Waals surface area (Å²) in [6, 6.07) is 0. The summed E-state index contributed by atoms with van der Waals surface area (Å²) < 4.78 is 3.19. The second kappa shape index (κ2) is 63.0. The van der Waals surface area contributed by atoms with Crippen molar-refractivity contribution in [2.45, 2.75) is 0 Å². The minimum atomic E-state index is -1.75. The van der Waals surface area contributed by atoms with Crippen molar-refractivity contribution in [3.63, 3.8) is 0 Å². The van der Waals surface area contributed by atoms with Crippen molar-refractivity contribution >= 4 is 23.7 Å². The van der Waals surface area contributed by atoms with Gasteiger partial charge < -0.3 is 107 Å². The van der Waals surface area contributed by atoms with Gasteiger partial charge in [0.2, 0.25) is 0 Å². The van der Waals surface area contributed by atoms with Crippen LogP contribution in [-0.4, -0.2) is 35.6 Å². The van der Waals surface area contributed by atoms with Crippen molar-refractivity contribution in [1.82, 2.24) is 0 Å². The Kier molecular flexibility index (Phi) is 120. The van der Waals surface area contributed by atoms with Crippen molar-refractivity contribution in [1.29, 1.82) is 0 Å². The van der Waals surface area contributed by atoms with E-state index in [1.165, 1.54) is 0 Å². The van der Waals surface area contributed by atoms with Crippen molar-refractivity contribution in [2.75, 3.05) is 0 Å². The molecular weight excluding hydrogens is 752 g/mol. The Morgan fingerprint density at radius 3 is 0.364 bits per heavy atom. The number of halogens is 2. The largest absolute Gasteiger partial charge is 4.00 e. The number of nitrogens with zero attached hydrogens (tertiary/aromatic N) is 7. The molecule has 0 aliphatic heterocycles. The van der Waals surface area contributed by atoms with Crippen LogP contribution in [-0.2, 0) is 30.0 Å². The molecule has 0 aromatic rings. The van der Waals surface area contributed by atoms with Crippen LogP contribution in [0.15, 0.2) is 0 Å². The summed E-state index contributed by atoms with van der Waals surface area (Å²) in [6.45, 7) is 0. The SMILES string of the molecule is ClOCl.O=[N+]([O-])[O-].O=[N+]([O-])[O-].O=[N+]([O-])[O-].O=[N+]([O-])[O-].O=[N+]([O-])[O-].O=[N+]([O-])[O-].O=[N+]([O-])[O-].[Ce+3].[Zr+4]. The molecule has 1 radical (unpaired) electrons. The van der Waals surface area contributed by atoms with E-state index in [4.69, 9.17) is 107 Å². The average molecular weight is 752 g/mol. The Balaban J connectivity index is -0.0000000227. The summed E-state index contributed by atoms with van der Waals surface area (Å²) in [5, 5.41) is 103. The zero-order valence-corrected chi connectivity index (χ0v) is 21.0. The zero-order valence-electron chi connectivity index (χ0n) is 13.9. The molecule has 33 heavy (non-hydrogen) atoms. The van der Waals surface area contributed by atoms with Crippen LogP contribution in [0.2, 0.25) is 0 Å². The molecule has 0 spiro atoms. The van der Waals surface area contributed by atoms with Crippen LogP contribution in [0, 0.1) is 149 Å². The maximum absolute atomic E-state index is 8.25. The number of hydrogen-bond acceptors (Lipinski definition) is 22. The van der Waals surface area contributed by atoms with E-state index < -0.39 is 35.6 Å². The first-order valence-electron chi connectivity index (χ1n) is 4.14. The molecular formula is CeCl2N7O22Zr. The molecule has 0 aliphatic carbocycles. The van der Waals surface area contributed by atoms with Gasteiger partial charge in [-0.25, -0.2) is 0 Å². The second-order valence-electron chi connectivity index (χ2n) is 1.62.